The SMILES string of the molecule is CC(C)COCCN(C)c1ccc(N)cc1C(=O)O. The predicted molar refractivity (Wildman–Crippen MR) is 76.7 cm³/mol. The van der Waals surface area contributed by atoms with Crippen LogP contribution in [-0.2, 0) is 4.74 Å². The summed E-state index contributed by atoms with van der Waals surface area (Å²) in [5.41, 5.74) is 6.93. The van der Waals surface area contributed by atoms with Crippen LogP contribution < -0.4 is 10.6 Å². The van der Waals surface area contributed by atoms with Gasteiger partial charge in [0.1, 0.15) is 0 Å². The van der Waals surface area contributed by atoms with Crippen molar-refractivity contribution in [3.05, 3.63) is 23.8 Å². The molecule has 5 heteroatoms. The maximum atomic E-state index is 11.2. The Hall–Kier alpha value is -1.75. The average Bonchev–Trinajstić information content (AvgIpc) is 2.33. The van der Waals surface area contributed by atoms with Gasteiger partial charge in [-0.1, -0.05) is 13.8 Å². The van der Waals surface area contributed by atoms with Crippen molar-refractivity contribution < 1.29 is 14.6 Å². The van der Waals surface area contributed by atoms with Crippen LogP contribution in [0.5, 0.6) is 0 Å². The molecule has 1 aromatic rings. The Morgan fingerprint density at radius 3 is 2.74 bits per heavy atom. The summed E-state index contributed by atoms with van der Waals surface area (Å²) in [5.74, 6) is -0.478. The molecule has 0 aliphatic carbocycles. The van der Waals surface area contributed by atoms with Crippen LogP contribution >= 0.6 is 0 Å². The molecule has 0 amide bonds. The van der Waals surface area contributed by atoms with E-state index in [2.05, 4.69) is 13.8 Å². The van der Waals surface area contributed by atoms with Crippen molar-refractivity contribution in [2.45, 2.75) is 13.8 Å². The van der Waals surface area contributed by atoms with Crippen molar-refractivity contribution in [2.24, 2.45) is 5.92 Å². The van der Waals surface area contributed by atoms with Crippen molar-refractivity contribution >= 4 is 17.3 Å². The molecule has 106 valence electrons. The Morgan fingerprint density at radius 1 is 1.47 bits per heavy atom. The molecule has 0 saturated heterocycles. The molecule has 0 aliphatic rings. The standard InChI is InChI=1S/C14H22N2O3/c1-10(2)9-19-7-6-16(3)13-5-4-11(15)8-12(13)14(17)18/h4-5,8,10H,6-7,9,15H2,1-3H3,(H,17,18). The monoisotopic (exact) mass is 266 g/mol. The summed E-state index contributed by atoms with van der Waals surface area (Å²) in [6, 6.07) is 4.90. The lowest BCUT2D eigenvalue weighted by molar-refractivity contribution is 0.0697. The van der Waals surface area contributed by atoms with Crippen LogP contribution in [0.25, 0.3) is 0 Å². The highest BCUT2D eigenvalue weighted by molar-refractivity contribution is 5.95. The number of nitrogens with two attached hydrogens (primary N) is 1. The van der Waals surface area contributed by atoms with E-state index in [4.69, 9.17) is 15.6 Å². The molecule has 0 heterocycles. The van der Waals surface area contributed by atoms with Gasteiger partial charge in [0.25, 0.3) is 0 Å². The molecule has 0 aromatic heterocycles. The van der Waals surface area contributed by atoms with Gasteiger partial charge >= 0.3 is 5.97 Å². The second kappa shape index (κ2) is 6.99. The number of aromatic carboxylic acids is 1. The Morgan fingerprint density at radius 2 is 2.16 bits per heavy atom. The van der Waals surface area contributed by atoms with Gasteiger partial charge in [-0.25, -0.2) is 4.79 Å². The van der Waals surface area contributed by atoms with E-state index >= 15 is 0 Å². The number of ether oxygens (including phenoxy) is 1. The largest absolute Gasteiger partial charge is 0.478 e. The first-order valence-corrected chi connectivity index (χ1v) is 6.33. The van der Waals surface area contributed by atoms with Crippen LogP contribution in [-0.4, -0.2) is 37.9 Å². The van der Waals surface area contributed by atoms with Crippen LogP contribution in [0.2, 0.25) is 0 Å². The van der Waals surface area contributed by atoms with Gasteiger partial charge in [0, 0.05) is 25.9 Å². The van der Waals surface area contributed by atoms with Crippen LogP contribution in [0.3, 0.4) is 0 Å². The third kappa shape index (κ3) is 4.79. The predicted octanol–water partition coefficient (Wildman–Crippen LogP) is 2.08. The fraction of sp³-hybridized carbons (Fsp3) is 0.500. The van der Waals surface area contributed by atoms with E-state index in [0.717, 1.165) is 0 Å². The molecular weight excluding hydrogens is 244 g/mol. The second-order valence-corrected chi connectivity index (χ2v) is 4.97. The minimum absolute atomic E-state index is 0.214. The van der Waals surface area contributed by atoms with Crippen molar-refractivity contribution in [1.82, 2.24) is 0 Å². The van der Waals surface area contributed by atoms with Gasteiger partial charge in [0.2, 0.25) is 0 Å². The topological polar surface area (TPSA) is 75.8 Å². The molecular formula is C14H22N2O3. The smallest absolute Gasteiger partial charge is 0.337 e. The summed E-state index contributed by atoms with van der Waals surface area (Å²) < 4.78 is 5.50. The number of nitrogens with zero attached hydrogens (tertiary/aromatic N) is 1. The van der Waals surface area contributed by atoms with Crippen LogP contribution in [0.4, 0.5) is 11.4 Å². The van der Waals surface area contributed by atoms with Crippen LogP contribution in [0.1, 0.15) is 24.2 Å². The summed E-state index contributed by atoms with van der Waals surface area (Å²) in [6.45, 7) is 6.09. The van der Waals surface area contributed by atoms with E-state index in [-0.39, 0.29) is 5.56 Å². The number of carboxylic acid groups (broad SMARTS) is 1. The van der Waals surface area contributed by atoms with Crippen molar-refractivity contribution in [2.75, 3.05) is 37.4 Å². The van der Waals surface area contributed by atoms with E-state index in [0.29, 0.717) is 37.1 Å². The third-order valence-corrected chi connectivity index (χ3v) is 2.68. The van der Waals surface area contributed by atoms with Crippen LogP contribution in [0.15, 0.2) is 18.2 Å². The first-order valence-electron chi connectivity index (χ1n) is 6.33. The molecule has 19 heavy (non-hydrogen) atoms. The number of nitrogen functional groups attached to an aromatic ring is 1. The van der Waals surface area contributed by atoms with Crippen molar-refractivity contribution in [3.8, 4) is 0 Å². The number of carboxylic acids is 1. The molecule has 0 bridgehead atoms. The minimum atomic E-state index is -0.975. The molecule has 0 aliphatic heterocycles. The molecule has 0 fully saturated rings. The molecule has 0 unspecified atom stereocenters. The third-order valence-electron chi connectivity index (χ3n) is 2.68. The van der Waals surface area contributed by atoms with Gasteiger partial charge in [-0.05, 0) is 24.1 Å². The number of carbonyl (C=O) groups is 1. The van der Waals surface area contributed by atoms with E-state index < -0.39 is 5.97 Å². The summed E-state index contributed by atoms with van der Waals surface area (Å²) in [7, 11) is 1.84. The lowest BCUT2D eigenvalue weighted by Crippen LogP contribution is -2.25. The number of rotatable bonds is 7. The van der Waals surface area contributed by atoms with Gasteiger partial charge in [-0.2, -0.15) is 0 Å². The average molecular weight is 266 g/mol. The number of hydrogen-bond acceptors (Lipinski definition) is 4. The van der Waals surface area contributed by atoms with Gasteiger partial charge in [-0.3, -0.25) is 0 Å². The zero-order valence-electron chi connectivity index (χ0n) is 11.7. The Bertz CT molecular complexity index is 433. The van der Waals surface area contributed by atoms with Gasteiger partial charge in [-0.15, -0.1) is 0 Å². The highest BCUT2D eigenvalue weighted by Crippen LogP contribution is 2.22. The molecule has 0 spiro atoms. The van der Waals surface area contributed by atoms with Crippen molar-refractivity contribution in [1.29, 1.82) is 0 Å². The number of benzene rings is 1. The number of likely N-dealkylation sites (N-methyl/N-ethyl adjacent to an activating group) is 1. The van der Waals surface area contributed by atoms with Gasteiger partial charge in [0.15, 0.2) is 0 Å². The fourth-order valence-electron chi connectivity index (χ4n) is 1.70. The number of anilines is 2. The molecule has 1 aromatic carbocycles. The lowest BCUT2D eigenvalue weighted by Gasteiger charge is -2.21. The lowest BCUT2D eigenvalue weighted by atomic mass is 10.1. The Kier molecular flexibility index (Phi) is 5.63. The second-order valence-electron chi connectivity index (χ2n) is 4.97. The van der Waals surface area contributed by atoms with Gasteiger partial charge in [0.05, 0.1) is 17.9 Å². The molecule has 0 saturated carbocycles. The summed E-state index contributed by atoms with van der Waals surface area (Å²) in [6.07, 6.45) is 0. The van der Waals surface area contributed by atoms with Crippen LogP contribution in [0, 0.1) is 5.92 Å². The quantitative estimate of drug-likeness (QED) is 0.583. The Balaban J connectivity index is 2.66. The fourth-order valence-corrected chi connectivity index (χ4v) is 1.70. The van der Waals surface area contributed by atoms with E-state index in [1.807, 2.05) is 11.9 Å². The molecule has 0 atom stereocenters. The normalized spacial score (nSPS) is 10.7. The molecule has 0 radical (unpaired) electrons. The van der Waals surface area contributed by atoms with Gasteiger partial charge < -0.3 is 20.5 Å². The highest BCUT2D eigenvalue weighted by Gasteiger charge is 2.13. The zero-order valence-corrected chi connectivity index (χ0v) is 11.7. The van der Waals surface area contributed by atoms with Crippen molar-refractivity contribution in [3.63, 3.8) is 0 Å². The molecule has 5 nitrogen and oxygen atoms in total. The number of hydrogen-bond donors (Lipinski definition) is 2. The highest BCUT2D eigenvalue weighted by atomic mass is 16.5. The maximum absolute atomic E-state index is 11.2. The summed E-state index contributed by atoms with van der Waals surface area (Å²) in [4.78, 5) is 13.0. The van der Waals surface area contributed by atoms with E-state index in [1.165, 1.54) is 6.07 Å². The summed E-state index contributed by atoms with van der Waals surface area (Å²) >= 11 is 0. The Labute approximate surface area is 114 Å². The zero-order chi connectivity index (χ0) is 14.4. The maximum Gasteiger partial charge on any atom is 0.337 e. The molecule has 3 N–H and O–H groups in total. The van der Waals surface area contributed by atoms with E-state index in [9.17, 15) is 4.79 Å². The summed E-state index contributed by atoms with van der Waals surface area (Å²) in [5, 5.41) is 9.17. The minimum Gasteiger partial charge on any atom is -0.478 e. The molecule has 1 rings (SSSR count). The van der Waals surface area contributed by atoms with E-state index in [1.54, 1.807) is 12.1 Å². The first-order chi connectivity index (χ1) is 8.91. The first kappa shape index (κ1) is 15.3.